The molecular weight excluding hydrogens is 282 g/mol. The summed E-state index contributed by atoms with van der Waals surface area (Å²) in [5, 5.41) is 7.34. The number of aldehydes is 1. The molecule has 1 N–H and O–H groups in total. The quantitative estimate of drug-likeness (QED) is 0.622. The Bertz CT molecular complexity index is 675. The van der Waals surface area contributed by atoms with Crippen LogP contribution in [0, 0.1) is 0 Å². The number of methoxy groups -OCH3 is 1. The number of rotatable bonds is 7. The maximum Gasteiger partial charge on any atom is 0.180 e. The van der Waals surface area contributed by atoms with E-state index in [-0.39, 0.29) is 5.78 Å². The molecule has 0 unspecified atom stereocenters. The van der Waals surface area contributed by atoms with Crippen LogP contribution in [0.1, 0.15) is 33.5 Å². The molecule has 0 aliphatic rings. The SMILES string of the molecule is CNCCc1c(C(C)=O)nn(-c2ccc(OC)cc2)c1C=O. The standard InChI is InChI=1S/C16H19N3O3/c1-11(21)16-14(8-9-17-2)15(10-20)19(18-16)12-4-6-13(22-3)7-5-12/h4-7,10,17H,8-9H2,1-3H3. The molecular formula is C16H19N3O3. The fourth-order valence-electron chi connectivity index (χ4n) is 2.28. The Morgan fingerprint density at radius 2 is 2.05 bits per heavy atom. The van der Waals surface area contributed by atoms with E-state index < -0.39 is 0 Å². The lowest BCUT2D eigenvalue weighted by atomic mass is 10.1. The topological polar surface area (TPSA) is 73.2 Å². The number of nitrogens with zero attached hydrogens (tertiary/aromatic N) is 2. The second-order valence-electron chi connectivity index (χ2n) is 4.85. The molecule has 1 heterocycles. The summed E-state index contributed by atoms with van der Waals surface area (Å²) < 4.78 is 6.63. The molecule has 0 spiro atoms. The highest BCUT2D eigenvalue weighted by molar-refractivity contribution is 5.96. The maximum atomic E-state index is 11.8. The van der Waals surface area contributed by atoms with E-state index in [1.807, 2.05) is 7.05 Å². The molecule has 6 nitrogen and oxygen atoms in total. The molecule has 6 heteroatoms. The van der Waals surface area contributed by atoms with Crippen molar-refractivity contribution >= 4 is 12.1 Å². The summed E-state index contributed by atoms with van der Waals surface area (Å²) in [6.07, 6.45) is 1.31. The molecule has 1 aromatic carbocycles. The largest absolute Gasteiger partial charge is 0.497 e. The van der Waals surface area contributed by atoms with Crippen molar-refractivity contribution in [3.05, 3.63) is 41.2 Å². The van der Waals surface area contributed by atoms with E-state index in [4.69, 9.17) is 4.74 Å². The van der Waals surface area contributed by atoms with Gasteiger partial charge in [0.15, 0.2) is 12.1 Å². The number of hydrogen-bond donors (Lipinski definition) is 1. The van der Waals surface area contributed by atoms with Crippen LogP contribution in [-0.2, 0) is 6.42 Å². The zero-order chi connectivity index (χ0) is 16.1. The Balaban J connectivity index is 2.54. The summed E-state index contributed by atoms with van der Waals surface area (Å²) in [5.74, 6) is 0.562. The van der Waals surface area contributed by atoms with Crippen molar-refractivity contribution in [2.45, 2.75) is 13.3 Å². The number of aromatic nitrogens is 2. The van der Waals surface area contributed by atoms with Crippen LogP contribution in [-0.4, -0.2) is 42.6 Å². The van der Waals surface area contributed by atoms with Crippen LogP contribution in [0.2, 0.25) is 0 Å². The molecule has 2 aromatic rings. The van der Waals surface area contributed by atoms with Gasteiger partial charge in [-0.3, -0.25) is 9.59 Å². The lowest BCUT2D eigenvalue weighted by Crippen LogP contribution is -2.13. The molecule has 0 saturated carbocycles. The number of hydrogen-bond acceptors (Lipinski definition) is 5. The van der Waals surface area contributed by atoms with Crippen LogP contribution in [0.5, 0.6) is 5.75 Å². The van der Waals surface area contributed by atoms with E-state index in [1.165, 1.54) is 11.6 Å². The number of ether oxygens (including phenoxy) is 1. The molecule has 0 fully saturated rings. The molecule has 22 heavy (non-hydrogen) atoms. The van der Waals surface area contributed by atoms with Crippen LogP contribution in [0.15, 0.2) is 24.3 Å². The van der Waals surface area contributed by atoms with Crippen molar-refractivity contribution in [2.75, 3.05) is 20.7 Å². The van der Waals surface area contributed by atoms with Gasteiger partial charge in [0, 0.05) is 12.5 Å². The average Bonchev–Trinajstić information content (AvgIpc) is 2.91. The third-order valence-corrected chi connectivity index (χ3v) is 3.41. The van der Waals surface area contributed by atoms with Crippen molar-refractivity contribution in [1.82, 2.24) is 15.1 Å². The van der Waals surface area contributed by atoms with E-state index in [0.717, 1.165) is 6.29 Å². The first-order chi connectivity index (χ1) is 10.6. The van der Waals surface area contributed by atoms with Crippen molar-refractivity contribution in [1.29, 1.82) is 0 Å². The van der Waals surface area contributed by atoms with Gasteiger partial charge in [-0.2, -0.15) is 5.10 Å². The molecule has 0 aliphatic heterocycles. The van der Waals surface area contributed by atoms with Gasteiger partial charge in [-0.15, -0.1) is 0 Å². The highest BCUT2D eigenvalue weighted by atomic mass is 16.5. The molecule has 0 atom stereocenters. The van der Waals surface area contributed by atoms with Gasteiger partial charge in [0.05, 0.1) is 12.8 Å². The minimum Gasteiger partial charge on any atom is -0.497 e. The third kappa shape index (κ3) is 3.07. The van der Waals surface area contributed by atoms with Gasteiger partial charge in [0.25, 0.3) is 0 Å². The van der Waals surface area contributed by atoms with E-state index in [1.54, 1.807) is 31.4 Å². The van der Waals surface area contributed by atoms with E-state index >= 15 is 0 Å². The minimum atomic E-state index is -0.151. The number of nitrogens with one attached hydrogen (secondary N) is 1. The monoisotopic (exact) mass is 301 g/mol. The van der Waals surface area contributed by atoms with E-state index in [2.05, 4.69) is 10.4 Å². The molecule has 116 valence electrons. The van der Waals surface area contributed by atoms with Crippen LogP contribution in [0.3, 0.4) is 0 Å². The Hall–Kier alpha value is -2.47. The van der Waals surface area contributed by atoms with Crippen molar-refractivity contribution in [3.8, 4) is 11.4 Å². The second-order valence-corrected chi connectivity index (χ2v) is 4.85. The third-order valence-electron chi connectivity index (χ3n) is 3.41. The number of Topliss-reactive ketones (excluding diaryl/α,β-unsaturated/α-hetero) is 1. The maximum absolute atomic E-state index is 11.8. The summed E-state index contributed by atoms with van der Waals surface area (Å²) in [6.45, 7) is 2.12. The summed E-state index contributed by atoms with van der Waals surface area (Å²) >= 11 is 0. The van der Waals surface area contributed by atoms with Crippen LogP contribution < -0.4 is 10.1 Å². The predicted molar refractivity (Wildman–Crippen MR) is 83.1 cm³/mol. The predicted octanol–water partition coefficient (Wildman–Crippen LogP) is 1.66. The summed E-state index contributed by atoms with van der Waals surface area (Å²) in [5.41, 5.74) is 2.13. The number of carbonyl (C=O) groups excluding carboxylic acids is 2. The fourth-order valence-corrected chi connectivity index (χ4v) is 2.28. The van der Waals surface area contributed by atoms with Gasteiger partial charge in [-0.25, -0.2) is 4.68 Å². The lowest BCUT2D eigenvalue weighted by molar-refractivity contribution is 0.101. The summed E-state index contributed by atoms with van der Waals surface area (Å²) in [6, 6.07) is 7.16. The number of ketones is 1. The molecule has 1 aromatic heterocycles. The molecule has 0 radical (unpaired) electrons. The van der Waals surface area contributed by atoms with Gasteiger partial charge in [-0.1, -0.05) is 0 Å². The van der Waals surface area contributed by atoms with Gasteiger partial charge in [0.2, 0.25) is 0 Å². The number of likely N-dealkylation sites (N-methyl/N-ethyl adjacent to an activating group) is 1. The first-order valence-corrected chi connectivity index (χ1v) is 6.99. The van der Waals surface area contributed by atoms with Gasteiger partial charge in [-0.05, 0) is 44.3 Å². The second kappa shape index (κ2) is 7.00. The Kier molecular flexibility index (Phi) is 5.06. The highest BCUT2D eigenvalue weighted by Crippen LogP contribution is 2.21. The van der Waals surface area contributed by atoms with E-state index in [0.29, 0.717) is 41.4 Å². The Labute approximate surface area is 129 Å². The van der Waals surface area contributed by atoms with Crippen LogP contribution in [0.4, 0.5) is 0 Å². The molecule has 0 amide bonds. The van der Waals surface area contributed by atoms with E-state index in [9.17, 15) is 9.59 Å². The lowest BCUT2D eigenvalue weighted by Gasteiger charge is -2.06. The first kappa shape index (κ1) is 15.9. The van der Waals surface area contributed by atoms with Crippen molar-refractivity contribution in [3.63, 3.8) is 0 Å². The normalized spacial score (nSPS) is 10.5. The summed E-state index contributed by atoms with van der Waals surface area (Å²) in [7, 11) is 3.41. The molecule has 0 aliphatic carbocycles. The number of carbonyl (C=O) groups is 2. The van der Waals surface area contributed by atoms with Crippen LogP contribution >= 0.6 is 0 Å². The van der Waals surface area contributed by atoms with Gasteiger partial charge < -0.3 is 10.1 Å². The van der Waals surface area contributed by atoms with Gasteiger partial charge in [0.1, 0.15) is 17.1 Å². The zero-order valence-corrected chi connectivity index (χ0v) is 12.9. The molecule has 0 bridgehead atoms. The van der Waals surface area contributed by atoms with Crippen LogP contribution in [0.25, 0.3) is 5.69 Å². The fraction of sp³-hybridized carbons (Fsp3) is 0.312. The average molecular weight is 301 g/mol. The first-order valence-electron chi connectivity index (χ1n) is 6.99. The van der Waals surface area contributed by atoms with Crippen molar-refractivity contribution in [2.24, 2.45) is 0 Å². The van der Waals surface area contributed by atoms with Gasteiger partial charge >= 0.3 is 0 Å². The molecule has 2 rings (SSSR count). The summed E-state index contributed by atoms with van der Waals surface area (Å²) in [4.78, 5) is 23.3. The zero-order valence-electron chi connectivity index (χ0n) is 12.9. The Morgan fingerprint density at radius 1 is 1.36 bits per heavy atom. The molecule has 0 saturated heterocycles. The Morgan fingerprint density at radius 3 is 2.55 bits per heavy atom. The number of benzene rings is 1. The highest BCUT2D eigenvalue weighted by Gasteiger charge is 2.20. The van der Waals surface area contributed by atoms with Crippen molar-refractivity contribution < 1.29 is 14.3 Å². The smallest absolute Gasteiger partial charge is 0.180 e. The minimum absolute atomic E-state index is 0.151.